The predicted molar refractivity (Wildman–Crippen MR) is 384 cm³/mol. The number of carbonyl (C=O) groups is 3. The molecule has 2 aliphatic heterocycles. The summed E-state index contributed by atoms with van der Waals surface area (Å²) >= 11 is 0. The molecule has 101 heavy (non-hydrogen) atoms. The molecule has 19 unspecified atom stereocenters. The van der Waals surface area contributed by atoms with Gasteiger partial charge in [0, 0.05) is 19.3 Å². The number of carbonyl (C=O) groups excluding carboxylic acids is 3. The molecule has 0 aromatic rings. The Bertz CT molecular complexity index is 2150. The summed E-state index contributed by atoms with van der Waals surface area (Å²) in [5.74, 6) is -1.30. The Morgan fingerprint density at radius 3 is 1.18 bits per heavy atom. The first-order valence-corrected chi connectivity index (χ1v) is 41.4. The van der Waals surface area contributed by atoms with Crippen molar-refractivity contribution >= 4 is 25.7 Å². The molecule has 2 heterocycles. The minimum atomic E-state index is -5.70. The summed E-state index contributed by atoms with van der Waals surface area (Å²) in [5.41, 5.74) is 0. The van der Waals surface area contributed by atoms with E-state index in [1.807, 2.05) is 0 Å². The van der Waals surface area contributed by atoms with Crippen LogP contribution in [0.4, 0.5) is 0 Å². The molecule has 594 valence electrons. The number of ether oxygens (including phenoxy) is 7. The van der Waals surface area contributed by atoms with Crippen molar-refractivity contribution in [2.45, 2.75) is 421 Å². The van der Waals surface area contributed by atoms with E-state index in [1.54, 1.807) is 0 Å². The van der Waals surface area contributed by atoms with Gasteiger partial charge >= 0.3 is 25.7 Å². The van der Waals surface area contributed by atoms with Crippen LogP contribution in [0.15, 0.2) is 12.2 Å². The predicted octanol–water partition coefficient (Wildman–Crippen LogP) is 11.8. The summed E-state index contributed by atoms with van der Waals surface area (Å²) in [6.07, 6.45) is 15.5. The van der Waals surface area contributed by atoms with E-state index in [4.69, 9.17) is 42.2 Å². The molecule has 3 aliphatic rings. The van der Waals surface area contributed by atoms with E-state index in [-0.39, 0.29) is 19.3 Å². The highest BCUT2D eigenvalue weighted by atomic mass is 31.2. The van der Waals surface area contributed by atoms with Crippen LogP contribution < -0.4 is 0 Å². The largest absolute Gasteiger partial charge is 0.472 e. The first-order valence-electron chi connectivity index (χ1n) is 39.9. The van der Waals surface area contributed by atoms with Gasteiger partial charge in [0.15, 0.2) is 18.7 Å². The number of unbranched alkanes of at least 4 members (excludes halogenated alkanes) is 35. The molecule has 3 fully saturated rings. The first-order chi connectivity index (χ1) is 48.7. The number of allylic oxidation sites excluding steroid dienone is 2. The van der Waals surface area contributed by atoms with Crippen molar-refractivity contribution < 1.29 is 117 Å². The molecule has 0 amide bonds. The van der Waals surface area contributed by atoms with Crippen molar-refractivity contribution in [2.24, 2.45) is 5.92 Å². The van der Waals surface area contributed by atoms with Crippen molar-refractivity contribution in [1.82, 2.24) is 0 Å². The maximum absolute atomic E-state index is 14.4. The lowest BCUT2D eigenvalue weighted by atomic mass is 9.84. The van der Waals surface area contributed by atoms with Crippen LogP contribution in [0.25, 0.3) is 0 Å². The van der Waals surface area contributed by atoms with Crippen molar-refractivity contribution in [3.63, 3.8) is 0 Å². The van der Waals surface area contributed by atoms with E-state index in [0.29, 0.717) is 31.6 Å². The van der Waals surface area contributed by atoms with Crippen LogP contribution >= 0.6 is 7.82 Å². The van der Waals surface area contributed by atoms with E-state index in [0.717, 1.165) is 89.9 Å². The number of aliphatic hydroxyl groups excluding tert-OH is 10. The summed E-state index contributed by atoms with van der Waals surface area (Å²) in [4.78, 5) is 51.1. The van der Waals surface area contributed by atoms with E-state index in [9.17, 15) is 74.9 Å². The zero-order valence-corrected chi connectivity index (χ0v) is 63.3. The summed E-state index contributed by atoms with van der Waals surface area (Å²) in [6.45, 7) is 5.79. The average Bonchev–Trinajstić information content (AvgIpc) is 0.733. The second kappa shape index (κ2) is 56.9. The maximum atomic E-state index is 14.4. The summed E-state index contributed by atoms with van der Waals surface area (Å²) < 4.78 is 65.2. The quantitative estimate of drug-likeness (QED) is 0.00886. The van der Waals surface area contributed by atoms with Gasteiger partial charge in [0.2, 0.25) is 0 Å². The monoisotopic (exact) mass is 1470 g/mol. The molecule has 0 aromatic carbocycles. The standard InChI is InChI=1S/C76H141O24P/c1-5-8-11-14-17-19-21-23-25-26-28-29-31-33-39-45-50-61(79)93-55-59-64(82)66(84)71(89)76(97-59)99-73-69(87)67(85)68(86)72(98-75-70(88)65(83)63(81)58(52-77)96-75)74(73)100-101(90,91)94-54-57(95-62(80)51-46-41-34-32-30-27-24-22-20-18-15-12-9-6-2)53-92-60(78)49-44-40-36-35-38-43-48-56(4)47-42-37-16-13-10-7-3/h27,30,56-59,63-77,81-89H,5-26,28-29,31-55H2,1-4H3,(H,90,91)/b30-27-. The molecular formula is C76H141O24P. The molecule has 3 rings (SSSR count). The molecule has 2 saturated heterocycles. The van der Waals surface area contributed by atoms with Crippen LogP contribution in [-0.4, -0.2) is 204 Å². The summed E-state index contributed by atoms with van der Waals surface area (Å²) in [7, 11) is -5.70. The highest BCUT2D eigenvalue weighted by molar-refractivity contribution is 7.47. The summed E-state index contributed by atoms with van der Waals surface area (Å²) in [6, 6.07) is 0. The fourth-order valence-corrected chi connectivity index (χ4v) is 14.3. The molecule has 0 spiro atoms. The number of phosphoric ester groups is 1. The maximum Gasteiger partial charge on any atom is 0.472 e. The molecule has 11 N–H and O–H groups in total. The van der Waals surface area contributed by atoms with Crippen molar-refractivity contribution in [1.29, 1.82) is 0 Å². The van der Waals surface area contributed by atoms with Crippen LogP contribution in [0, 0.1) is 5.92 Å². The van der Waals surface area contributed by atoms with E-state index in [2.05, 4.69) is 39.8 Å². The molecule has 24 nitrogen and oxygen atoms in total. The van der Waals surface area contributed by atoms with Gasteiger partial charge in [0.1, 0.15) is 98.7 Å². The zero-order chi connectivity index (χ0) is 74.1. The van der Waals surface area contributed by atoms with Gasteiger partial charge in [0.25, 0.3) is 0 Å². The fourth-order valence-electron chi connectivity index (χ4n) is 13.4. The molecule has 1 aliphatic carbocycles. The van der Waals surface area contributed by atoms with Crippen LogP contribution in [-0.2, 0) is 61.2 Å². The van der Waals surface area contributed by atoms with Gasteiger partial charge in [-0.25, -0.2) is 4.57 Å². The second-order valence-electron chi connectivity index (χ2n) is 29.1. The second-order valence-corrected chi connectivity index (χ2v) is 30.5. The Kier molecular flexibility index (Phi) is 52.4. The Morgan fingerprint density at radius 2 is 0.752 bits per heavy atom. The number of aliphatic hydroxyl groups is 10. The molecule has 1 saturated carbocycles. The van der Waals surface area contributed by atoms with Crippen LogP contribution in [0.5, 0.6) is 0 Å². The lowest BCUT2D eigenvalue weighted by molar-refractivity contribution is -0.360. The Balaban J connectivity index is 1.72. The minimum Gasteiger partial charge on any atom is -0.463 e. The Hall–Kier alpha value is -2.30. The van der Waals surface area contributed by atoms with Gasteiger partial charge in [-0.15, -0.1) is 0 Å². The number of rotatable bonds is 62. The lowest BCUT2D eigenvalue weighted by Crippen LogP contribution is -2.69. The van der Waals surface area contributed by atoms with Crippen molar-refractivity contribution in [3.05, 3.63) is 12.2 Å². The Morgan fingerprint density at radius 1 is 0.406 bits per heavy atom. The number of hydrogen-bond donors (Lipinski definition) is 11. The molecule has 0 aromatic heterocycles. The molecule has 0 bridgehead atoms. The zero-order valence-electron chi connectivity index (χ0n) is 62.4. The van der Waals surface area contributed by atoms with Gasteiger partial charge < -0.3 is 89.1 Å². The van der Waals surface area contributed by atoms with Crippen molar-refractivity contribution in [2.75, 3.05) is 26.4 Å². The molecule has 19 atom stereocenters. The highest BCUT2D eigenvalue weighted by Gasteiger charge is 2.58. The summed E-state index contributed by atoms with van der Waals surface area (Å²) in [5, 5.41) is 110. The lowest BCUT2D eigenvalue weighted by Gasteiger charge is -2.49. The normalized spacial score (nSPS) is 27.5. The van der Waals surface area contributed by atoms with Crippen LogP contribution in [0.2, 0.25) is 0 Å². The van der Waals surface area contributed by atoms with E-state index < -0.39 is 156 Å². The third-order valence-electron chi connectivity index (χ3n) is 19.9. The Labute approximate surface area is 605 Å². The van der Waals surface area contributed by atoms with E-state index >= 15 is 0 Å². The number of hydrogen-bond acceptors (Lipinski definition) is 23. The van der Waals surface area contributed by atoms with E-state index in [1.165, 1.54) is 154 Å². The number of esters is 3. The van der Waals surface area contributed by atoms with Gasteiger partial charge in [-0.3, -0.25) is 23.4 Å². The van der Waals surface area contributed by atoms with Gasteiger partial charge in [-0.1, -0.05) is 265 Å². The van der Waals surface area contributed by atoms with Crippen molar-refractivity contribution in [3.8, 4) is 0 Å². The highest BCUT2D eigenvalue weighted by Crippen LogP contribution is 2.49. The van der Waals surface area contributed by atoms with Gasteiger partial charge in [0.05, 0.1) is 13.2 Å². The molecular weight excluding hydrogens is 1330 g/mol. The van der Waals surface area contributed by atoms with Crippen LogP contribution in [0.1, 0.15) is 317 Å². The van der Waals surface area contributed by atoms with Gasteiger partial charge in [-0.2, -0.15) is 0 Å². The van der Waals surface area contributed by atoms with Crippen LogP contribution in [0.3, 0.4) is 0 Å². The average molecular weight is 1470 g/mol. The minimum absolute atomic E-state index is 0.0319. The third kappa shape index (κ3) is 39.9. The fraction of sp³-hybridized carbons (Fsp3) is 0.934. The molecule has 25 heteroatoms. The number of phosphoric acid groups is 1. The topological polar surface area (TPSA) is 374 Å². The third-order valence-corrected chi connectivity index (χ3v) is 20.9. The molecule has 0 radical (unpaired) electrons. The van der Waals surface area contributed by atoms with Gasteiger partial charge in [-0.05, 0) is 50.9 Å². The SMILES string of the molecule is CCCCCCCCC/C=C\CCCCCC(=O)OC(COC(=O)CCCCCCCCC(C)CCCCCCCC)COP(=O)(O)OC1C(OC2OC(CO)C(O)C(O)C2O)C(O)C(O)C(O)C1OC1OC(COC(=O)CCCCCCCCCCCCCCCCCC)C(O)C(O)C1O. The first kappa shape index (κ1) is 92.9. The smallest absolute Gasteiger partial charge is 0.463 e.